The molecule has 1 unspecified atom stereocenters. The molecule has 7 heteroatoms. The number of anilines is 1. The summed E-state index contributed by atoms with van der Waals surface area (Å²) < 4.78 is 27.2. The van der Waals surface area contributed by atoms with E-state index in [1.54, 1.807) is 6.92 Å². The number of fused-ring (bicyclic) bond motifs is 2. The van der Waals surface area contributed by atoms with Crippen LogP contribution < -0.4 is 15.4 Å². The van der Waals surface area contributed by atoms with E-state index in [0.717, 1.165) is 44.2 Å². The van der Waals surface area contributed by atoms with Crippen LogP contribution in [-0.2, 0) is 35.7 Å². The number of rotatable bonds is 7. The molecule has 0 saturated heterocycles. The summed E-state index contributed by atoms with van der Waals surface area (Å²) in [6, 6.07) is 1.94. The van der Waals surface area contributed by atoms with Gasteiger partial charge in [0.2, 0.25) is 10.0 Å². The van der Waals surface area contributed by atoms with Crippen molar-refractivity contribution in [3.05, 3.63) is 28.3 Å². The Hall–Kier alpha value is -1.60. The molecule has 0 spiro atoms. The van der Waals surface area contributed by atoms with Crippen LogP contribution in [0, 0.1) is 0 Å². The van der Waals surface area contributed by atoms with Crippen LogP contribution in [0.25, 0.3) is 0 Å². The molecule has 0 heterocycles. The van der Waals surface area contributed by atoms with Crippen molar-refractivity contribution in [2.45, 2.75) is 77.0 Å². The number of nitrogens with one attached hydrogen (secondary N) is 3. The highest BCUT2D eigenvalue weighted by Gasteiger charge is 2.27. The van der Waals surface area contributed by atoms with E-state index >= 15 is 0 Å². The molecule has 0 aromatic heterocycles. The average molecular weight is 394 g/mol. The Morgan fingerprint density at radius 3 is 2.19 bits per heavy atom. The number of amides is 2. The van der Waals surface area contributed by atoms with E-state index in [4.69, 9.17) is 0 Å². The third-order valence-electron chi connectivity index (χ3n) is 5.58. The molecule has 2 aliphatic rings. The predicted octanol–water partition coefficient (Wildman–Crippen LogP) is 2.89. The molecule has 0 radical (unpaired) electrons. The molecule has 1 atom stereocenters. The van der Waals surface area contributed by atoms with Crippen molar-refractivity contribution in [2.75, 3.05) is 11.9 Å². The topological polar surface area (TPSA) is 87.3 Å². The molecule has 2 amide bonds. The molecule has 3 rings (SSSR count). The van der Waals surface area contributed by atoms with E-state index in [1.165, 1.54) is 22.3 Å². The molecule has 0 aliphatic heterocycles. The molecule has 3 N–H and O–H groups in total. The average Bonchev–Trinajstić information content (AvgIpc) is 3.22. The molecule has 1 aromatic rings. The van der Waals surface area contributed by atoms with Gasteiger partial charge in [0, 0.05) is 11.7 Å². The monoisotopic (exact) mass is 393 g/mol. The van der Waals surface area contributed by atoms with Crippen LogP contribution in [0.4, 0.5) is 10.5 Å². The number of carbonyl (C=O) groups is 1. The largest absolute Gasteiger partial charge is 0.332 e. The van der Waals surface area contributed by atoms with Gasteiger partial charge in [0.05, 0.1) is 5.25 Å². The van der Waals surface area contributed by atoms with Gasteiger partial charge in [-0.05, 0) is 80.7 Å². The fraction of sp³-hybridized carbons (Fsp3) is 0.650. The van der Waals surface area contributed by atoms with Gasteiger partial charge in [0.15, 0.2) is 0 Å². The van der Waals surface area contributed by atoms with Crippen molar-refractivity contribution < 1.29 is 13.2 Å². The zero-order chi connectivity index (χ0) is 19.6. The molecule has 2 aliphatic carbocycles. The highest BCUT2D eigenvalue weighted by atomic mass is 32.2. The number of aryl methyl sites for hydroxylation is 2. The molecular formula is C20H31N3O3S. The van der Waals surface area contributed by atoms with Crippen LogP contribution in [0.15, 0.2) is 6.07 Å². The predicted molar refractivity (Wildman–Crippen MR) is 109 cm³/mol. The van der Waals surface area contributed by atoms with Gasteiger partial charge in [-0.15, -0.1) is 0 Å². The second kappa shape index (κ2) is 8.19. The molecule has 0 fully saturated rings. The third-order valence-corrected chi connectivity index (χ3v) is 7.34. The molecule has 27 heavy (non-hydrogen) atoms. The Morgan fingerprint density at radius 1 is 1.04 bits per heavy atom. The summed E-state index contributed by atoms with van der Waals surface area (Å²) in [7, 11) is -3.71. The molecule has 6 nitrogen and oxygen atoms in total. The Kier molecular flexibility index (Phi) is 6.11. The lowest BCUT2D eigenvalue weighted by molar-refractivity contribution is 0.256. The minimum absolute atomic E-state index is 0.304. The summed E-state index contributed by atoms with van der Waals surface area (Å²) in [5.74, 6) is 0. The van der Waals surface area contributed by atoms with Gasteiger partial charge in [-0.25, -0.2) is 17.9 Å². The maximum absolute atomic E-state index is 12.5. The SMILES string of the molecule is CC(C)NCCC(C)S(=O)(=O)NC(=O)Nc1c2c(cc3c1CCC3)CCC2. The summed E-state index contributed by atoms with van der Waals surface area (Å²) in [5, 5.41) is 5.45. The highest BCUT2D eigenvalue weighted by molar-refractivity contribution is 7.90. The number of sulfonamides is 1. The van der Waals surface area contributed by atoms with Crippen molar-refractivity contribution in [2.24, 2.45) is 0 Å². The maximum atomic E-state index is 12.5. The Bertz CT molecular complexity index is 786. The summed E-state index contributed by atoms with van der Waals surface area (Å²) in [6.45, 7) is 6.26. The lowest BCUT2D eigenvalue weighted by Gasteiger charge is -2.18. The van der Waals surface area contributed by atoms with Crippen LogP contribution in [0.1, 0.15) is 62.3 Å². The third kappa shape index (κ3) is 4.63. The molecular weight excluding hydrogens is 362 g/mol. The first kappa shape index (κ1) is 20.1. The number of hydrogen-bond donors (Lipinski definition) is 3. The normalized spacial score (nSPS) is 16.9. The van der Waals surface area contributed by atoms with E-state index in [0.29, 0.717) is 19.0 Å². The Labute approximate surface area is 162 Å². The fourth-order valence-electron chi connectivity index (χ4n) is 4.07. The minimum Gasteiger partial charge on any atom is -0.314 e. The van der Waals surface area contributed by atoms with Crippen molar-refractivity contribution in [1.82, 2.24) is 10.0 Å². The summed E-state index contributed by atoms with van der Waals surface area (Å²) >= 11 is 0. The second-order valence-electron chi connectivity index (χ2n) is 8.04. The first-order valence-electron chi connectivity index (χ1n) is 10.0. The maximum Gasteiger partial charge on any atom is 0.332 e. The van der Waals surface area contributed by atoms with Gasteiger partial charge in [-0.3, -0.25) is 0 Å². The van der Waals surface area contributed by atoms with Crippen LogP contribution in [0.5, 0.6) is 0 Å². The fourth-order valence-corrected chi connectivity index (χ4v) is 5.01. The van der Waals surface area contributed by atoms with Gasteiger partial charge in [-0.2, -0.15) is 0 Å². The first-order valence-corrected chi connectivity index (χ1v) is 11.5. The van der Waals surface area contributed by atoms with Crippen molar-refractivity contribution in [3.63, 3.8) is 0 Å². The van der Waals surface area contributed by atoms with E-state index in [1.807, 2.05) is 13.8 Å². The minimum atomic E-state index is -3.71. The van der Waals surface area contributed by atoms with Crippen LogP contribution >= 0.6 is 0 Å². The lowest BCUT2D eigenvalue weighted by atomic mass is 9.99. The smallest absolute Gasteiger partial charge is 0.314 e. The van der Waals surface area contributed by atoms with Crippen LogP contribution in [0.2, 0.25) is 0 Å². The summed E-state index contributed by atoms with van der Waals surface area (Å²) in [5.41, 5.74) is 5.86. The standard InChI is InChI=1S/C20H31N3O3S/c1-13(2)21-11-10-14(3)27(25,26)23-20(24)22-19-17-8-4-6-15(17)12-16-7-5-9-18(16)19/h12-14,21H,4-11H2,1-3H3,(H2,22,23,24). The van der Waals surface area contributed by atoms with Gasteiger partial charge < -0.3 is 10.6 Å². The zero-order valence-corrected chi connectivity index (χ0v) is 17.3. The summed E-state index contributed by atoms with van der Waals surface area (Å²) in [6.07, 6.45) is 6.61. The van der Waals surface area contributed by atoms with Gasteiger partial charge in [-0.1, -0.05) is 19.9 Å². The van der Waals surface area contributed by atoms with Gasteiger partial charge >= 0.3 is 6.03 Å². The number of hydrogen-bond acceptors (Lipinski definition) is 4. The number of benzene rings is 1. The number of carbonyl (C=O) groups excluding carboxylic acids is 1. The van der Waals surface area contributed by atoms with Crippen LogP contribution in [-0.4, -0.2) is 32.3 Å². The Balaban J connectivity index is 1.68. The first-order chi connectivity index (χ1) is 12.8. The van der Waals surface area contributed by atoms with Crippen molar-refractivity contribution in [1.29, 1.82) is 0 Å². The Morgan fingerprint density at radius 2 is 1.63 bits per heavy atom. The highest BCUT2D eigenvalue weighted by Crippen LogP contribution is 2.38. The quantitative estimate of drug-likeness (QED) is 0.665. The van der Waals surface area contributed by atoms with Crippen molar-refractivity contribution in [3.8, 4) is 0 Å². The van der Waals surface area contributed by atoms with Crippen LogP contribution in [0.3, 0.4) is 0 Å². The van der Waals surface area contributed by atoms with Gasteiger partial charge in [0.25, 0.3) is 0 Å². The van der Waals surface area contributed by atoms with E-state index < -0.39 is 21.3 Å². The van der Waals surface area contributed by atoms with E-state index in [2.05, 4.69) is 21.4 Å². The zero-order valence-electron chi connectivity index (χ0n) is 16.5. The summed E-state index contributed by atoms with van der Waals surface area (Å²) in [4.78, 5) is 12.5. The molecule has 0 bridgehead atoms. The van der Waals surface area contributed by atoms with Gasteiger partial charge in [0.1, 0.15) is 0 Å². The second-order valence-corrected chi connectivity index (χ2v) is 10.1. The van der Waals surface area contributed by atoms with E-state index in [9.17, 15) is 13.2 Å². The lowest BCUT2D eigenvalue weighted by Crippen LogP contribution is -2.41. The van der Waals surface area contributed by atoms with E-state index in [-0.39, 0.29) is 0 Å². The molecule has 150 valence electrons. The molecule has 1 aromatic carbocycles. The molecule has 0 saturated carbocycles. The van der Waals surface area contributed by atoms with Crippen molar-refractivity contribution >= 4 is 21.7 Å². The number of urea groups is 1.